The number of ether oxygens (including phenoxy) is 1. The second kappa shape index (κ2) is 8.88. The van der Waals surface area contributed by atoms with E-state index in [0.717, 1.165) is 17.1 Å². The molecular weight excluding hydrogens is 412 g/mol. The number of Topliss-reactive ketones (excluding diaryl/α,β-unsaturated/α-hetero) is 1. The number of aryl methyl sites for hydroxylation is 1. The van der Waals surface area contributed by atoms with Crippen molar-refractivity contribution in [3.8, 4) is 5.69 Å². The van der Waals surface area contributed by atoms with Crippen molar-refractivity contribution in [2.75, 3.05) is 18.9 Å². The van der Waals surface area contributed by atoms with Gasteiger partial charge in [-0.1, -0.05) is 23.4 Å². The molecule has 2 heterocycles. The van der Waals surface area contributed by atoms with Crippen LogP contribution in [0.5, 0.6) is 0 Å². The molecule has 0 radical (unpaired) electrons. The Morgan fingerprint density at radius 1 is 1.24 bits per heavy atom. The maximum absolute atomic E-state index is 13.0. The minimum absolute atomic E-state index is 0.123. The predicted octanol–water partition coefficient (Wildman–Crippen LogP) is 3.91. The summed E-state index contributed by atoms with van der Waals surface area (Å²) >= 11 is 7.20. The van der Waals surface area contributed by atoms with Crippen LogP contribution in [0.3, 0.4) is 0 Å². The molecule has 6 nitrogen and oxygen atoms in total. The Morgan fingerprint density at radius 3 is 2.59 bits per heavy atom. The van der Waals surface area contributed by atoms with Crippen molar-refractivity contribution < 1.29 is 19.1 Å². The summed E-state index contributed by atoms with van der Waals surface area (Å²) < 4.78 is 6.88. The summed E-state index contributed by atoms with van der Waals surface area (Å²) in [7, 11) is 0. The van der Waals surface area contributed by atoms with E-state index in [0.29, 0.717) is 15.6 Å². The molecule has 1 saturated heterocycles. The van der Waals surface area contributed by atoms with Gasteiger partial charge in [-0.15, -0.1) is 0 Å². The van der Waals surface area contributed by atoms with E-state index < -0.39 is 5.97 Å². The molecule has 1 fully saturated rings. The number of amides is 1. The summed E-state index contributed by atoms with van der Waals surface area (Å²) in [6, 6.07) is 9.18. The van der Waals surface area contributed by atoms with Crippen LogP contribution >= 0.6 is 23.4 Å². The smallest absolute Gasteiger partial charge is 0.333 e. The van der Waals surface area contributed by atoms with Crippen molar-refractivity contribution in [3.63, 3.8) is 0 Å². The van der Waals surface area contributed by atoms with E-state index >= 15 is 0 Å². The van der Waals surface area contributed by atoms with Crippen molar-refractivity contribution in [1.29, 1.82) is 0 Å². The molecule has 1 amide bonds. The number of hydrogen-bond acceptors (Lipinski definition) is 5. The molecule has 0 unspecified atom stereocenters. The number of esters is 1. The number of carbonyl (C=O) groups excluding carboxylic acids is 3. The second-order valence-corrected chi connectivity index (χ2v) is 7.96. The lowest BCUT2D eigenvalue weighted by Crippen LogP contribution is -2.31. The summed E-state index contributed by atoms with van der Waals surface area (Å²) in [4.78, 5) is 38.3. The maximum atomic E-state index is 13.0. The van der Waals surface area contributed by atoms with E-state index in [1.165, 1.54) is 22.7 Å². The lowest BCUT2D eigenvalue weighted by Gasteiger charge is -2.16. The Balaban J connectivity index is 1.85. The van der Waals surface area contributed by atoms with E-state index in [-0.39, 0.29) is 30.6 Å². The summed E-state index contributed by atoms with van der Waals surface area (Å²) in [5.41, 5.74) is 3.12. The van der Waals surface area contributed by atoms with Crippen LogP contribution in [0.1, 0.15) is 28.7 Å². The number of halogens is 1. The van der Waals surface area contributed by atoms with E-state index in [1.807, 2.05) is 36.6 Å². The van der Waals surface area contributed by atoms with Crippen LogP contribution in [0.2, 0.25) is 5.02 Å². The third-order valence-corrected chi connectivity index (χ3v) is 5.83. The molecule has 0 N–H and O–H groups in total. The van der Waals surface area contributed by atoms with Crippen LogP contribution in [-0.2, 0) is 14.3 Å². The Labute approximate surface area is 178 Å². The molecule has 1 aromatic heterocycles. The maximum Gasteiger partial charge on any atom is 0.333 e. The monoisotopic (exact) mass is 432 g/mol. The van der Waals surface area contributed by atoms with E-state index in [4.69, 9.17) is 16.3 Å². The highest BCUT2D eigenvalue weighted by atomic mass is 35.5. The summed E-state index contributed by atoms with van der Waals surface area (Å²) in [6.45, 7) is 5.62. The first-order valence-electron chi connectivity index (χ1n) is 9.11. The van der Waals surface area contributed by atoms with Gasteiger partial charge in [-0.3, -0.25) is 14.5 Å². The Bertz CT molecular complexity index is 995. The van der Waals surface area contributed by atoms with Crippen LogP contribution in [0.4, 0.5) is 0 Å². The molecule has 152 valence electrons. The molecule has 0 aliphatic carbocycles. The first-order valence-corrected chi connectivity index (χ1v) is 10.5. The Kier molecular flexibility index (Phi) is 6.49. The molecule has 29 heavy (non-hydrogen) atoms. The SMILES string of the molecule is CCOC(=O)/C=C1\SCC(=O)N1CC(=O)c1cc(C)n(-c2ccc(Cl)cc2)c1C. The Hall–Kier alpha value is -2.51. The number of hydrogen-bond donors (Lipinski definition) is 0. The summed E-state index contributed by atoms with van der Waals surface area (Å²) in [5.74, 6) is -0.722. The van der Waals surface area contributed by atoms with Gasteiger partial charge < -0.3 is 9.30 Å². The highest BCUT2D eigenvalue weighted by Crippen LogP contribution is 2.30. The summed E-state index contributed by atoms with van der Waals surface area (Å²) in [5, 5.41) is 1.08. The fraction of sp³-hybridized carbons (Fsp3) is 0.286. The predicted molar refractivity (Wildman–Crippen MR) is 113 cm³/mol. The number of carbonyl (C=O) groups is 3. The molecule has 1 aliphatic heterocycles. The minimum Gasteiger partial charge on any atom is -0.463 e. The molecule has 0 spiro atoms. The van der Waals surface area contributed by atoms with Gasteiger partial charge in [-0.05, 0) is 51.1 Å². The number of ketones is 1. The molecule has 1 aromatic carbocycles. The van der Waals surface area contributed by atoms with Crippen LogP contribution < -0.4 is 0 Å². The van der Waals surface area contributed by atoms with Crippen molar-refractivity contribution in [2.45, 2.75) is 20.8 Å². The van der Waals surface area contributed by atoms with Gasteiger partial charge in [0.15, 0.2) is 5.78 Å². The second-order valence-electron chi connectivity index (χ2n) is 6.52. The van der Waals surface area contributed by atoms with Gasteiger partial charge >= 0.3 is 5.97 Å². The highest BCUT2D eigenvalue weighted by molar-refractivity contribution is 8.04. The van der Waals surface area contributed by atoms with Gasteiger partial charge in [0.1, 0.15) is 0 Å². The largest absolute Gasteiger partial charge is 0.463 e. The van der Waals surface area contributed by atoms with E-state index in [2.05, 4.69) is 0 Å². The molecule has 0 saturated carbocycles. The molecule has 1 aliphatic rings. The molecule has 3 rings (SSSR count). The Morgan fingerprint density at radius 2 is 1.93 bits per heavy atom. The molecule has 0 bridgehead atoms. The topological polar surface area (TPSA) is 68.6 Å². The van der Waals surface area contributed by atoms with Gasteiger partial charge in [0, 0.05) is 27.7 Å². The molecule has 8 heteroatoms. The zero-order valence-corrected chi connectivity index (χ0v) is 18.0. The van der Waals surface area contributed by atoms with Crippen molar-refractivity contribution in [2.24, 2.45) is 0 Å². The lowest BCUT2D eigenvalue weighted by atomic mass is 10.1. The standard InChI is InChI=1S/C21H21ClN2O4S/c1-4-28-21(27)10-20-23(19(26)12-29-20)11-18(25)17-9-13(2)24(14(17)3)16-7-5-15(22)6-8-16/h5-10H,4,11-12H2,1-3H3/b20-10-. The first-order chi connectivity index (χ1) is 13.8. The average molecular weight is 433 g/mol. The van der Waals surface area contributed by atoms with Gasteiger partial charge in [-0.25, -0.2) is 4.79 Å². The quantitative estimate of drug-likeness (QED) is 0.393. The van der Waals surface area contributed by atoms with Gasteiger partial charge in [0.25, 0.3) is 0 Å². The summed E-state index contributed by atoms with van der Waals surface area (Å²) in [6.07, 6.45) is 1.27. The number of benzene rings is 1. The van der Waals surface area contributed by atoms with E-state index in [9.17, 15) is 14.4 Å². The van der Waals surface area contributed by atoms with Crippen LogP contribution in [0, 0.1) is 13.8 Å². The van der Waals surface area contributed by atoms with Crippen LogP contribution in [-0.4, -0.2) is 46.0 Å². The normalized spacial score (nSPS) is 15.2. The lowest BCUT2D eigenvalue weighted by molar-refractivity contribution is -0.137. The number of rotatable bonds is 6. The van der Waals surface area contributed by atoms with Crippen molar-refractivity contribution >= 4 is 41.0 Å². The third-order valence-electron chi connectivity index (χ3n) is 4.56. The first kappa shape index (κ1) is 21.2. The van der Waals surface area contributed by atoms with Crippen molar-refractivity contribution in [1.82, 2.24) is 9.47 Å². The average Bonchev–Trinajstić information content (AvgIpc) is 3.16. The van der Waals surface area contributed by atoms with E-state index in [1.54, 1.807) is 19.1 Å². The van der Waals surface area contributed by atoms with Gasteiger partial charge in [-0.2, -0.15) is 0 Å². The fourth-order valence-corrected chi connectivity index (χ4v) is 4.30. The zero-order chi connectivity index (χ0) is 21.1. The van der Waals surface area contributed by atoms with Gasteiger partial charge in [0.05, 0.1) is 30.0 Å². The molecular formula is C21H21ClN2O4S. The molecule has 2 aromatic rings. The molecule has 0 atom stereocenters. The van der Waals surface area contributed by atoms with Gasteiger partial charge in [0.2, 0.25) is 5.91 Å². The number of thioether (sulfide) groups is 1. The minimum atomic E-state index is -0.525. The third kappa shape index (κ3) is 4.57. The fourth-order valence-electron chi connectivity index (χ4n) is 3.25. The zero-order valence-electron chi connectivity index (χ0n) is 16.4. The van der Waals surface area contributed by atoms with Crippen molar-refractivity contribution in [3.05, 3.63) is 63.4 Å². The van der Waals surface area contributed by atoms with Crippen LogP contribution in [0.25, 0.3) is 5.69 Å². The number of aromatic nitrogens is 1. The van der Waals surface area contributed by atoms with Crippen LogP contribution in [0.15, 0.2) is 41.4 Å². The highest BCUT2D eigenvalue weighted by Gasteiger charge is 2.30. The number of nitrogens with zero attached hydrogens (tertiary/aromatic N) is 2.